The molecular formula is C27H25FN2O5. The summed E-state index contributed by atoms with van der Waals surface area (Å²) in [5, 5.41) is 14.1. The Morgan fingerprint density at radius 3 is 2.23 bits per heavy atom. The summed E-state index contributed by atoms with van der Waals surface area (Å²) in [6.45, 7) is 1.96. The molecule has 3 aromatic rings. The summed E-state index contributed by atoms with van der Waals surface area (Å²) >= 11 is 0. The first-order chi connectivity index (χ1) is 16.8. The number of ether oxygens (including phenoxy) is 1. The van der Waals surface area contributed by atoms with Crippen LogP contribution in [-0.4, -0.2) is 35.7 Å². The minimum atomic E-state index is -1.38. The molecule has 3 aromatic carbocycles. The number of carboxylic acids is 1. The van der Waals surface area contributed by atoms with Crippen molar-refractivity contribution in [1.82, 2.24) is 5.32 Å². The SMILES string of the molecule is CC(CCC(=O)Nc1ccc(C(=O)O)c(F)c1)NC(=O)OCC1c2ccccc2-c2ccccc21. The molecular weight excluding hydrogens is 451 g/mol. The van der Waals surface area contributed by atoms with Gasteiger partial charge in [-0.2, -0.15) is 0 Å². The minimum Gasteiger partial charge on any atom is -0.478 e. The van der Waals surface area contributed by atoms with Crippen LogP contribution in [0.4, 0.5) is 14.9 Å². The zero-order valence-electron chi connectivity index (χ0n) is 19.1. The Bertz CT molecular complexity index is 1230. The van der Waals surface area contributed by atoms with Crippen LogP contribution < -0.4 is 10.6 Å². The Morgan fingerprint density at radius 2 is 1.63 bits per heavy atom. The van der Waals surface area contributed by atoms with Gasteiger partial charge in [0.15, 0.2) is 0 Å². The Balaban J connectivity index is 1.25. The van der Waals surface area contributed by atoms with E-state index in [1.54, 1.807) is 6.92 Å². The van der Waals surface area contributed by atoms with Gasteiger partial charge in [0.25, 0.3) is 0 Å². The minimum absolute atomic E-state index is 0.0397. The summed E-state index contributed by atoms with van der Waals surface area (Å²) in [7, 11) is 0. The van der Waals surface area contributed by atoms with Crippen LogP contribution in [0.5, 0.6) is 0 Å². The van der Waals surface area contributed by atoms with Crippen molar-refractivity contribution in [3.63, 3.8) is 0 Å². The lowest BCUT2D eigenvalue weighted by atomic mass is 9.98. The number of hydrogen-bond donors (Lipinski definition) is 3. The number of hydrogen-bond acceptors (Lipinski definition) is 4. The van der Waals surface area contributed by atoms with Gasteiger partial charge in [-0.15, -0.1) is 0 Å². The highest BCUT2D eigenvalue weighted by atomic mass is 19.1. The highest BCUT2D eigenvalue weighted by Gasteiger charge is 2.29. The number of alkyl carbamates (subject to hydrolysis) is 1. The van der Waals surface area contributed by atoms with Crippen LogP contribution in [0.1, 0.15) is 47.2 Å². The Morgan fingerprint density at radius 1 is 1.00 bits per heavy atom. The molecule has 0 fully saturated rings. The van der Waals surface area contributed by atoms with Crippen molar-refractivity contribution in [2.45, 2.75) is 31.7 Å². The second-order valence-electron chi connectivity index (χ2n) is 8.46. The van der Waals surface area contributed by atoms with E-state index in [2.05, 4.69) is 22.8 Å². The fourth-order valence-corrected chi connectivity index (χ4v) is 4.25. The van der Waals surface area contributed by atoms with Gasteiger partial charge in [-0.25, -0.2) is 14.0 Å². The average molecular weight is 477 g/mol. The van der Waals surface area contributed by atoms with Gasteiger partial charge in [0, 0.05) is 24.1 Å². The van der Waals surface area contributed by atoms with E-state index in [-0.39, 0.29) is 36.6 Å². The number of anilines is 1. The second kappa shape index (κ2) is 10.4. The van der Waals surface area contributed by atoms with Crippen molar-refractivity contribution >= 4 is 23.7 Å². The van der Waals surface area contributed by atoms with Gasteiger partial charge in [-0.1, -0.05) is 48.5 Å². The molecule has 2 amide bonds. The molecule has 8 heteroatoms. The van der Waals surface area contributed by atoms with Crippen molar-refractivity contribution < 1.29 is 28.6 Å². The third kappa shape index (κ3) is 5.48. The summed E-state index contributed by atoms with van der Waals surface area (Å²) in [4.78, 5) is 35.4. The number of halogens is 1. The summed E-state index contributed by atoms with van der Waals surface area (Å²) in [5.74, 6) is -2.73. The molecule has 0 heterocycles. The van der Waals surface area contributed by atoms with E-state index in [1.807, 2.05) is 36.4 Å². The molecule has 1 atom stereocenters. The second-order valence-corrected chi connectivity index (χ2v) is 8.46. The van der Waals surface area contributed by atoms with Gasteiger partial charge < -0.3 is 20.5 Å². The molecule has 4 rings (SSSR count). The Kier molecular flexibility index (Phi) is 7.10. The van der Waals surface area contributed by atoms with Crippen molar-refractivity contribution in [3.8, 4) is 11.1 Å². The lowest BCUT2D eigenvalue weighted by Crippen LogP contribution is -2.34. The van der Waals surface area contributed by atoms with E-state index in [0.29, 0.717) is 6.42 Å². The number of rotatable bonds is 8. The average Bonchev–Trinajstić information content (AvgIpc) is 3.15. The van der Waals surface area contributed by atoms with Crippen LogP contribution in [-0.2, 0) is 9.53 Å². The fourth-order valence-electron chi connectivity index (χ4n) is 4.25. The van der Waals surface area contributed by atoms with Gasteiger partial charge in [-0.3, -0.25) is 4.79 Å². The van der Waals surface area contributed by atoms with Crippen LogP contribution in [0.25, 0.3) is 11.1 Å². The van der Waals surface area contributed by atoms with Gasteiger partial charge in [0.05, 0.1) is 5.56 Å². The first-order valence-electron chi connectivity index (χ1n) is 11.3. The van der Waals surface area contributed by atoms with Gasteiger partial charge in [0.2, 0.25) is 5.91 Å². The Hall–Kier alpha value is -4.20. The van der Waals surface area contributed by atoms with Crippen molar-refractivity contribution in [1.29, 1.82) is 0 Å². The molecule has 0 radical (unpaired) electrons. The molecule has 0 saturated heterocycles. The molecule has 1 aliphatic rings. The maximum atomic E-state index is 13.8. The predicted octanol–water partition coefficient (Wildman–Crippen LogP) is 5.17. The highest BCUT2D eigenvalue weighted by molar-refractivity contribution is 5.92. The molecule has 35 heavy (non-hydrogen) atoms. The number of carboxylic acid groups (broad SMARTS) is 1. The highest BCUT2D eigenvalue weighted by Crippen LogP contribution is 2.44. The molecule has 1 aliphatic carbocycles. The van der Waals surface area contributed by atoms with E-state index in [0.717, 1.165) is 34.4 Å². The maximum absolute atomic E-state index is 13.8. The van der Waals surface area contributed by atoms with E-state index >= 15 is 0 Å². The summed E-state index contributed by atoms with van der Waals surface area (Å²) < 4.78 is 19.3. The number of fused-ring (bicyclic) bond motifs is 3. The number of amides is 2. The molecule has 0 bridgehead atoms. The summed E-state index contributed by atoms with van der Waals surface area (Å²) in [6, 6.07) is 19.2. The van der Waals surface area contributed by atoms with E-state index in [1.165, 1.54) is 6.07 Å². The topological polar surface area (TPSA) is 105 Å². The monoisotopic (exact) mass is 476 g/mol. The standard InChI is InChI=1S/C27H25FN2O5/c1-16(10-13-25(31)30-17-11-12-22(26(32)33)24(28)14-17)29-27(34)35-15-23-20-8-4-2-6-18(20)19-7-3-5-9-21(19)23/h2-9,11-12,14,16,23H,10,13,15H2,1H3,(H,29,34)(H,30,31)(H,32,33). The maximum Gasteiger partial charge on any atom is 0.407 e. The third-order valence-corrected chi connectivity index (χ3v) is 6.00. The quantitative estimate of drug-likeness (QED) is 0.416. The van der Waals surface area contributed by atoms with E-state index < -0.39 is 23.4 Å². The van der Waals surface area contributed by atoms with Crippen molar-refractivity contribution in [2.75, 3.05) is 11.9 Å². The fraction of sp³-hybridized carbons (Fsp3) is 0.222. The van der Waals surface area contributed by atoms with Gasteiger partial charge in [0.1, 0.15) is 12.4 Å². The van der Waals surface area contributed by atoms with Crippen LogP contribution >= 0.6 is 0 Å². The summed E-state index contributed by atoms with van der Waals surface area (Å²) in [6.07, 6.45) is -0.148. The molecule has 0 saturated carbocycles. The molecule has 0 spiro atoms. The van der Waals surface area contributed by atoms with Gasteiger partial charge in [-0.05, 0) is 53.8 Å². The number of aromatic carboxylic acids is 1. The van der Waals surface area contributed by atoms with Gasteiger partial charge >= 0.3 is 12.1 Å². The number of nitrogens with one attached hydrogen (secondary N) is 2. The first-order valence-corrected chi connectivity index (χ1v) is 11.3. The lowest BCUT2D eigenvalue weighted by molar-refractivity contribution is -0.116. The van der Waals surface area contributed by atoms with Crippen LogP contribution in [0.15, 0.2) is 66.7 Å². The number of carbonyl (C=O) groups excluding carboxylic acids is 2. The Labute approximate surface area is 201 Å². The molecule has 0 aromatic heterocycles. The number of benzene rings is 3. The first kappa shape index (κ1) is 23.9. The van der Waals surface area contributed by atoms with E-state index in [4.69, 9.17) is 9.84 Å². The van der Waals surface area contributed by atoms with Crippen LogP contribution in [0.3, 0.4) is 0 Å². The third-order valence-electron chi connectivity index (χ3n) is 6.00. The van der Waals surface area contributed by atoms with Crippen molar-refractivity contribution in [2.24, 2.45) is 0 Å². The van der Waals surface area contributed by atoms with Crippen LogP contribution in [0, 0.1) is 5.82 Å². The van der Waals surface area contributed by atoms with Crippen LogP contribution in [0.2, 0.25) is 0 Å². The summed E-state index contributed by atoms with van der Waals surface area (Å²) in [5.41, 5.74) is 4.24. The zero-order valence-corrected chi connectivity index (χ0v) is 19.1. The lowest BCUT2D eigenvalue weighted by Gasteiger charge is -2.17. The molecule has 1 unspecified atom stereocenters. The largest absolute Gasteiger partial charge is 0.478 e. The van der Waals surface area contributed by atoms with Crippen molar-refractivity contribution in [3.05, 3.63) is 89.2 Å². The number of carbonyl (C=O) groups is 3. The molecule has 7 nitrogen and oxygen atoms in total. The molecule has 180 valence electrons. The molecule has 3 N–H and O–H groups in total. The predicted molar refractivity (Wildman–Crippen MR) is 129 cm³/mol. The molecule has 0 aliphatic heterocycles. The van der Waals surface area contributed by atoms with E-state index in [9.17, 15) is 18.8 Å². The normalized spacial score (nSPS) is 12.9. The zero-order chi connectivity index (χ0) is 24.9. The smallest absolute Gasteiger partial charge is 0.407 e.